The molecule has 0 aromatic heterocycles. The van der Waals surface area contributed by atoms with Crippen molar-refractivity contribution in [1.82, 2.24) is 0 Å². The lowest BCUT2D eigenvalue weighted by Gasteiger charge is -2.20. The molecule has 3 aromatic rings. The second kappa shape index (κ2) is 7.56. The van der Waals surface area contributed by atoms with Gasteiger partial charge in [0, 0.05) is 15.9 Å². The zero-order chi connectivity index (χ0) is 18.6. The molecule has 0 heterocycles. The average molecular weight is 356 g/mol. The summed E-state index contributed by atoms with van der Waals surface area (Å²) in [6.45, 7) is 11.4. The van der Waals surface area contributed by atoms with E-state index in [-0.39, 0.29) is 0 Å². The molecule has 0 aliphatic rings. The third-order valence-corrected chi connectivity index (χ3v) is 7.55. The molecule has 0 amide bonds. The Morgan fingerprint density at radius 2 is 0.731 bits per heavy atom. The minimum atomic E-state index is -2.97. The molecule has 0 aliphatic carbocycles. The molecule has 2 heteroatoms. The highest BCUT2D eigenvalue weighted by molar-refractivity contribution is 7.85. The van der Waals surface area contributed by atoms with Gasteiger partial charge in [-0.25, -0.2) is 0 Å². The summed E-state index contributed by atoms with van der Waals surface area (Å²) in [5, 5.41) is 2.42. The Morgan fingerprint density at radius 1 is 0.500 bits per heavy atom. The maximum Gasteiger partial charge on any atom is 0.171 e. The van der Waals surface area contributed by atoms with E-state index in [4.69, 9.17) is 0 Å². The molecule has 0 saturated carbocycles. The van der Waals surface area contributed by atoms with Crippen LogP contribution in [0.15, 0.2) is 92.5 Å². The van der Waals surface area contributed by atoms with Gasteiger partial charge in [-0.05, 0) is 16.7 Å². The normalized spacial score (nSPS) is 10.9. The molecule has 0 N–H and O–H groups in total. The summed E-state index contributed by atoms with van der Waals surface area (Å²) in [7, 11) is -2.97. The van der Waals surface area contributed by atoms with Crippen molar-refractivity contribution in [2.24, 2.45) is 0 Å². The summed E-state index contributed by atoms with van der Waals surface area (Å²) in [5.41, 5.74) is 3.01. The fraction of sp³-hybridized carbons (Fsp3) is 0. The van der Waals surface area contributed by atoms with Crippen molar-refractivity contribution in [3.63, 3.8) is 0 Å². The first-order valence-electron chi connectivity index (χ1n) is 8.41. The van der Waals surface area contributed by atoms with Gasteiger partial charge in [0.15, 0.2) is 7.14 Å². The van der Waals surface area contributed by atoms with Gasteiger partial charge < -0.3 is 4.57 Å². The second-order valence-electron chi connectivity index (χ2n) is 6.00. The van der Waals surface area contributed by atoms with Crippen LogP contribution in [0.5, 0.6) is 0 Å². The molecule has 128 valence electrons. The van der Waals surface area contributed by atoms with Crippen LogP contribution in [-0.4, -0.2) is 0 Å². The van der Waals surface area contributed by atoms with E-state index in [0.29, 0.717) is 0 Å². The van der Waals surface area contributed by atoms with E-state index in [1.165, 1.54) is 0 Å². The summed E-state index contributed by atoms with van der Waals surface area (Å²) in [5.74, 6) is 0. The second-order valence-corrected chi connectivity index (χ2v) is 8.76. The van der Waals surface area contributed by atoms with Gasteiger partial charge in [-0.1, -0.05) is 111 Å². The van der Waals surface area contributed by atoms with Gasteiger partial charge in [0.25, 0.3) is 0 Å². The lowest BCUT2D eigenvalue weighted by Crippen LogP contribution is -2.25. The summed E-state index contributed by atoms with van der Waals surface area (Å²) in [6.07, 6.45) is 5.35. The van der Waals surface area contributed by atoms with Crippen molar-refractivity contribution in [2.45, 2.75) is 0 Å². The quantitative estimate of drug-likeness (QED) is 0.551. The van der Waals surface area contributed by atoms with Gasteiger partial charge >= 0.3 is 0 Å². The molecular formula is C24H21OP. The molecule has 0 aliphatic heterocycles. The molecule has 0 unspecified atom stereocenters. The minimum absolute atomic E-state index is 0.806. The van der Waals surface area contributed by atoms with E-state index < -0.39 is 7.14 Å². The highest BCUT2D eigenvalue weighted by Crippen LogP contribution is 2.42. The van der Waals surface area contributed by atoms with Crippen molar-refractivity contribution >= 4 is 41.3 Å². The molecule has 0 atom stereocenters. The number of hydrogen-bond acceptors (Lipinski definition) is 1. The first kappa shape index (κ1) is 17.9. The van der Waals surface area contributed by atoms with Crippen molar-refractivity contribution in [3.8, 4) is 0 Å². The Kier molecular flexibility index (Phi) is 5.21. The van der Waals surface area contributed by atoms with Crippen LogP contribution in [0.1, 0.15) is 16.7 Å². The van der Waals surface area contributed by atoms with Crippen LogP contribution < -0.4 is 15.9 Å². The van der Waals surface area contributed by atoms with Crippen LogP contribution in [0, 0.1) is 0 Å². The van der Waals surface area contributed by atoms with Gasteiger partial charge in [0.1, 0.15) is 0 Å². The largest absolute Gasteiger partial charge is 0.309 e. The first-order chi connectivity index (χ1) is 12.6. The number of rotatable bonds is 6. The third-order valence-electron chi connectivity index (χ3n) is 4.48. The topological polar surface area (TPSA) is 17.1 Å². The molecule has 0 spiro atoms. The monoisotopic (exact) mass is 356 g/mol. The third kappa shape index (κ3) is 3.27. The van der Waals surface area contributed by atoms with Crippen LogP contribution in [-0.2, 0) is 4.57 Å². The van der Waals surface area contributed by atoms with Crippen molar-refractivity contribution < 1.29 is 4.57 Å². The van der Waals surface area contributed by atoms with Crippen molar-refractivity contribution in [2.75, 3.05) is 0 Å². The Bertz CT molecular complexity index is 846. The van der Waals surface area contributed by atoms with Crippen LogP contribution in [0.2, 0.25) is 0 Å². The fourth-order valence-electron chi connectivity index (χ4n) is 2.91. The van der Waals surface area contributed by atoms with E-state index in [1.807, 2.05) is 72.8 Å². The number of hydrogen-bond donors (Lipinski definition) is 0. The van der Waals surface area contributed by atoms with Crippen LogP contribution in [0.25, 0.3) is 18.2 Å². The SMILES string of the molecule is C=Cc1ccc(P(=O)(c2ccc(C=C)cc2)c2ccc(C=C)cc2)cc1. The predicted molar refractivity (Wildman–Crippen MR) is 116 cm³/mol. The molecule has 0 radical (unpaired) electrons. The maximum atomic E-state index is 14.3. The molecule has 26 heavy (non-hydrogen) atoms. The van der Waals surface area contributed by atoms with E-state index in [2.05, 4.69) is 19.7 Å². The average Bonchev–Trinajstić information content (AvgIpc) is 2.73. The highest BCUT2D eigenvalue weighted by Gasteiger charge is 2.29. The van der Waals surface area contributed by atoms with E-state index >= 15 is 0 Å². The summed E-state index contributed by atoms with van der Waals surface area (Å²) < 4.78 is 14.3. The van der Waals surface area contributed by atoms with E-state index in [9.17, 15) is 4.57 Å². The Hall–Kier alpha value is -2.89. The molecular weight excluding hydrogens is 335 g/mol. The first-order valence-corrected chi connectivity index (χ1v) is 10.1. The van der Waals surface area contributed by atoms with Crippen LogP contribution in [0.3, 0.4) is 0 Å². The Morgan fingerprint density at radius 3 is 0.923 bits per heavy atom. The molecule has 1 nitrogen and oxygen atoms in total. The molecule has 3 aromatic carbocycles. The van der Waals surface area contributed by atoms with Crippen LogP contribution in [0.4, 0.5) is 0 Å². The van der Waals surface area contributed by atoms with Gasteiger partial charge in [0.2, 0.25) is 0 Å². The molecule has 0 saturated heterocycles. The highest BCUT2D eigenvalue weighted by atomic mass is 31.2. The Balaban J connectivity index is 2.21. The smallest absolute Gasteiger partial charge is 0.171 e. The predicted octanol–water partition coefficient (Wildman–Crippen LogP) is 5.26. The minimum Gasteiger partial charge on any atom is -0.309 e. The maximum absolute atomic E-state index is 14.3. The zero-order valence-corrected chi connectivity index (χ0v) is 15.5. The van der Waals surface area contributed by atoms with Crippen molar-refractivity contribution in [1.29, 1.82) is 0 Å². The van der Waals surface area contributed by atoms with Crippen molar-refractivity contribution in [3.05, 3.63) is 109 Å². The molecule has 0 fully saturated rings. The van der Waals surface area contributed by atoms with Gasteiger partial charge in [-0.3, -0.25) is 0 Å². The standard InChI is InChI=1S/C24H21OP/c1-4-19-7-13-22(14-8-19)26(25,23-15-9-20(5-2)10-16-23)24-17-11-21(6-3)12-18-24/h4-18H,1-3H2. The lowest BCUT2D eigenvalue weighted by atomic mass is 10.2. The zero-order valence-electron chi connectivity index (χ0n) is 14.6. The number of benzene rings is 3. The van der Waals surface area contributed by atoms with Crippen LogP contribution >= 0.6 is 7.14 Å². The van der Waals surface area contributed by atoms with Gasteiger partial charge in [-0.2, -0.15) is 0 Å². The fourth-order valence-corrected chi connectivity index (χ4v) is 5.51. The molecule has 3 rings (SSSR count). The summed E-state index contributed by atoms with van der Waals surface area (Å²) in [6, 6.07) is 23.3. The molecule has 0 bridgehead atoms. The summed E-state index contributed by atoms with van der Waals surface area (Å²) in [4.78, 5) is 0. The lowest BCUT2D eigenvalue weighted by molar-refractivity contribution is 0.592. The van der Waals surface area contributed by atoms with Gasteiger partial charge in [-0.15, -0.1) is 0 Å². The van der Waals surface area contributed by atoms with E-state index in [0.717, 1.165) is 32.6 Å². The Labute approximate surface area is 155 Å². The van der Waals surface area contributed by atoms with E-state index in [1.54, 1.807) is 18.2 Å². The van der Waals surface area contributed by atoms with Gasteiger partial charge in [0.05, 0.1) is 0 Å². The summed E-state index contributed by atoms with van der Waals surface area (Å²) >= 11 is 0.